The monoisotopic (exact) mass is 362 g/mol. The summed E-state index contributed by atoms with van der Waals surface area (Å²) in [6, 6.07) is 13.5. The van der Waals surface area contributed by atoms with Gasteiger partial charge in [0.1, 0.15) is 0 Å². The summed E-state index contributed by atoms with van der Waals surface area (Å²) in [4.78, 5) is 31.3. The fraction of sp³-hybridized carbons (Fsp3) is 0.286. The summed E-state index contributed by atoms with van der Waals surface area (Å²) in [5.74, 6) is 0.0572. The van der Waals surface area contributed by atoms with E-state index in [2.05, 4.69) is 14.9 Å². The van der Waals surface area contributed by atoms with E-state index >= 15 is 0 Å². The summed E-state index contributed by atoms with van der Waals surface area (Å²) < 4.78 is 2.14. The third-order valence-electron chi connectivity index (χ3n) is 5.10. The molecule has 0 unspecified atom stereocenters. The lowest BCUT2D eigenvalue weighted by Gasteiger charge is -2.24. The Morgan fingerprint density at radius 1 is 1.19 bits per heavy atom. The molecule has 2 amide bonds. The van der Waals surface area contributed by atoms with Gasteiger partial charge in [0.2, 0.25) is 5.91 Å². The Labute approximate surface area is 157 Å². The molecule has 0 saturated heterocycles. The Morgan fingerprint density at radius 3 is 2.93 bits per heavy atom. The second-order valence-electron chi connectivity index (χ2n) is 6.99. The van der Waals surface area contributed by atoms with Gasteiger partial charge in [-0.25, -0.2) is 0 Å². The summed E-state index contributed by atoms with van der Waals surface area (Å²) in [6.07, 6.45) is 4.16. The van der Waals surface area contributed by atoms with Crippen molar-refractivity contribution in [2.24, 2.45) is 5.92 Å². The number of amides is 2. The van der Waals surface area contributed by atoms with E-state index in [1.165, 1.54) is 0 Å². The molecule has 1 atom stereocenters. The van der Waals surface area contributed by atoms with Gasteiger partial charge in [-0.1, -0.05) is 6.07 Å². The number of rotatable bonds is 3. The molecule has 0 bridgehead atoms. The first kappa shape index (κ1) is 17.3. The maximum atomic E-state index is 13.2. The molecule has 1 aliphatic heterocycles. The quantitative estimate of drug-likeness (QED) is 0.778. The number of hydrogen-bond acceptors (Lipinski definition) is 3. The lowest BCUT2D eigenvalue weighted by Crippen LogP contribution is -2.35. The number of carbonyl (C=O) groups is 2. The maximum absolute atomic E-state index is 13.2. The average molecular weight is 362 g/mol. The zero-order chi connectivity index (χ0) is 18.8. The smallest absolute Gasteiger partial charge is 0.254 e. The highest BCUT2D eigenvalue weighted by atomic mass is 16.2. The number of pyridine rings is 1. The van der Waals surface area contributed by atoms with Gasteiger partial charge >= 0.3 is 0 Å². The van der Waals surface area contributed by atoms with E-state index < -0.39 is 0 Å². The second kappa shape index (κ2) is 7.23. The van der Waals surface area contributed by atoms with Crippen LogP contribution in [0, 0.1) is 5.92 Å². The van der Waals surface area contributed by atoms with Crippen LogP contribution in [0.4, 0.5) is 0 Å². The summed E-state index contributed by atoms with van der Waals surface area (Å²) >= 11 is 0. The molecule has 6 heteroatoms. The molecule has 0 radical (unpaired) electrons. The molecule has 138 valence electrons. The van der Waals surface area contributed by atoms with E-state index in [4.69, 9.17) is 0 Å². The minimum Gasteiger partial charge on any atom is -0.359 e. The molecule has 27 heavy (non-hydrogen) atoms. The number of nitrogens with zero attached hydrogens (tertiary/aromatic N) is 3. The number of fused-ring (bicyclic) bond motifs is 2. The SMILES string of the molecule is CNC(=O)C[C@@H]1CN(C(=O)c2ccc3ncccc3c2)Cc2cccn2C1. The van der Waals surface area contributed by atoms with Gasteiger partial charge in [0, 0.05) is 61.5 Å². The van der Waals surface area contributed by atoms with Crippen LogP contribution in [-0.2, 0) is 17.9 Å². The standard InChI is InChI=1S/C21H22N4O2/c1-22-20(26)10-15-12-24-9-3-5-18(24)14-25(13-15)21(27)17-6-7-19-16(11-17)4-2-8-23-19/h2-9,11,15H,10,12-14H2,1H3,(H,22,26)/t15-/m0/s1. The van der Waals surface area contributed by atoms with E-state index in [0.717, 1.165) is 23.1 Å². The lowest BCUT2D eigenvalue weighted by atomic mass is 10.0. The van der Waals surface area contributed by atoms with Crippen molar-refractivity contribution in [3.63, 3.8) is 0 Å². The van der Waals surface area contributed by atoms with Crippen molar-refractivity contribution in [1.29, 1.82) is 0 Å². The summed E-state index contributed by atoms with van der Waals surface area (Å²) in [5, 5.41) is 3.64. The molecule has 0 aliphatic carbocycles. The third-order valence-corrected chi connectivity index (χ3v) is 5.10. The van der Waals surface area contributed by atoms with Crippen molar-refractivity contribution < 1.29 is 9.59 Å². The lowest BCUT2D eigenvalue weighted by molar-refractivity contribution is -0.121. The Kier molecular flexibility index (Phi) is 4.62. The van der Waals surface area contributed by atoms with E-state index in [1.807, 2.05) is 53.6 Å². The largest absolute Gasteiger partial charge is 0.359 e. The van der Waals surface area contributed by atoms with E-state index in [-0.39, 0.29) is 17.7 Å². The van der Waals surface area contributed by atoms with E-state index in [0.29, 0.717) is 25.1 Å². The van der Waals surface area contributed by atoms with Crippen molar-refractivity contribution in [3.05, 3.63) is 66.1 Å². The first-order chi connectivity index (χ1) is 13.1. The van der Waals surface area contributed by atoms with Crippen LogP contribution < -0.4 is 5.32 Å². The zero-order valence-electron chi connectivity index (χ0n) is 15.3. The van der Waals surface area contributed by atoms with Crippen LogP contribution in [-0.4, -0.2) is 39.9 Å². The molecular formula is C21H22N4O2. The first-order valence-electron chi connectivity index (χ1n) is 9.12. The molecular weight excluding hydrogens is 340 g/mol. The van der Waals surface area contributed by atoms with Gasteiger partial charge in [0.05, 0.1) is 12.1 Å². The van der Waals surface area contributed by atoms with Gasteiger partial charge < -0.3 is 14.8 Å². The van der Waals surface area contributed by atoms with Crippen LogP contribution in [0.2, 0.25) is 0 Å². The highest BCUT2D eigenvalue weighted by Gasteiger charge is 2.27. The molecule has 1 aliphatic rings. The second-order valence-corrected chi connectivity index (χ2v) is 6.99. The zero-order valence-corrected chi connectivity index (χ0v) is 15.3. The molecule has 2 aromatic heterocycles. The number of aromatic nitrogens is 2. The van der Waals surface area contributed by atoms with Crippen LogP contribution in [0.3, 0.4) is 0 Å². The van der Waals surface area contributed by atoms with Crippen LogP contribution >= 0.6 is 0 Å². The van der Waals surface area contributed by atoms with Crippen molar-refractivity contribution in [2.45, 2.75) is 19.5 Å². The topological polar surface area (TPSA) is 67.2 Å². The molecule has 1 N–H and O–H groups in total. The van der Waals surface area contributed by atoms with Crippen molar-refractivity contribution in [1.82, 2.24) is 19.8 Å². The van der Waals surface area contributed by atoms with Crippen LogP contribution in [0.15, 0.2) is 54.9 Å². The molecule has 3 heterocycles. The highest BCUT2D eigenvalue weighted by molar-refractivity contribution is 5.98. The Balaban J connectivity index is 1.63. The van der Waals surface area contributed by atoms with Crippen molar-refractivity contribution in [2.75, 3.05) is 13.6 Å². The third kappa shape index (κ3) is 3.56. The predicted molar refractivity (Wildman–Crippen MR) is 103 cm³/mol. The van der Waals surface area contributed by atoms with Gasteiger partial charge in [-0.05, 0) is 36.4 Å². The first-order valence-corrected chi connectivity index (χ1v) is 9.12. The summed E-state index contributed by atoms with van der Waals surface area (Å²) in [5.41, 5.74) is 2.61. The fourth-order valence-corrected chi connectivity index (χ4v) is 3.72. The number of carbonyl (C=O) groups excluding carboxylic acids is 2. The maximum Gasteiger partial charge on any atom is 0.254 e. The molecule has 0 fully saturated rings. The van der Waals surface area contributed by atoms with Gasteiger partial charge in [-0.3, -0.25) is 14.6 Å². The van der Waals surface area contributed by atoms with E-state index in [9.17, 15) is 9.59 Å². The molecule has 0 spiro atoms. The number of nitrogens with one attached hydrogen (secondary N) is 1. The van der Waals surface area contributed by atoms with Gasteiger partial charge in [0.25, 0.3) is 5.91 Å². The number of hydrogen-bond donors (Lipinski definition) is 1. The van der Waals surface area contributed by atoms with Crippen LogP contribution in [0.5, 0.6) is 0 Å². The van der Waals surface area contributed by atoms with Crippen molar-refractivity contribution in [3.8, 4) is 0 Å². The molecule has 3 aromatic rings. The van der Waals surface area contributed by atoms with Crippen LogP contribution in [0.25, 0.3) is 10.9 Å². The molecule has 4 rings (SSSR count). The minimum atomic E-state index is -0.0164. The summed E-state index contributed by atoms with van der Waals surface area (Å²) in [7, 11) is 1.64. The molecule has 6 nitrogen and oxygen atoms in total. The Hall–Kier alpha value is -3.15. The summed E-state index contributed by atoms with van der Waals surface area (Å²) in [6.45, 7) is 1.83. The van der Waals surface area contributed by atoms with Gasteiger partial charge in [-0.2, -0.15) is 0 Å². The number of benzene rings is 1. The normalized spacial score (nSPS) is 16.6. The van der Waals surface area contributed by atoms with Gasteiger partial charge in [-0.15, -0.1) is 0 Å². The van der Waals surface area contributed by atoms with E-state index in [1.54, 1.807) is 13.2 Å². The Morgan fingerprint density at radius 2 is 2.07 bits per heavy atom. The average Bonchev–Trinajstić information content (AvgIpc) is 3.05. The minimum absolute atomic E-state index is 0.000199. The fourth-order valence-electron chi connectivity index (χ4n) is 3.72. The Bertz CT molecular complexity index is 995. The molecule has 1 aromatic carbocycles. The highest BCUT2D eigenvalue weighted by Crippen LogP contribution is 2.22. The van der Waals surface area contributed by atoms with Crippen LogP contribution in [0.1, 0.15) is 22.5 Å². The van der Waals surface area contributed by atoms with Gasteiger partial charge in [0.15, 0.2) is 0 Å². The predicted octanol–water partition coefficient (Wildman–Crippen LogP) is 2.44. The van der Waals surface area contributed by atoms with Crippen molar-refractivity contribution >= 4 is 22.7 Å². The molecule has 0 saturated carbocycles.